The Morgan fingerprint density at radius 1 is 1.31 bits per heavy atom. The molecule has 0 saturated heterocycles. The minimum Gasteiger partial charge on any atom is -0.481 e. The van der Waals surface area contributed by atoms with E-state index < -0.39 is 5.97 Å². The predicted octanol–water partition coefficient (Wildman–Crippen LogP) is 1.78. The lowest BCUT2D eigenvalue weighted by Crippen LogP contribution is -2.06. The van der Waals surface area contributed by atoms with Crippen molar-refractivity contribution in [2.75, 3.05) is 0 Å². The van der Waals surface area contributed by atoms with Crippen molar-refractivity contribution in [3.8, 4) is 0 Å². The summed E-state index contributed by atoms with van der Waals surface area (Å²) in [5.41, 5.74) is 3.53. The van der Waals surface area contributed by atoms with Crippen LogP contribution in [-0.4, -0.2) is 21.2 Å². The minimum absolute atomic E-state index is 0.0226. The monoisotopic (exact) mass is 220 g/mol. The van der Waals surface area contributed by atoms with Crippen molar-refractivity contribution in [2.45, 2.75) is 27.2 Å². The van der Waals surface area contributed by atoms with Gasteiger partial charge in [-0.2, -0.15) is 0 Å². The first kappa shape index (κ1) is 10.6. The molecule has 0 fully saturated rings. The first-order chi connectivity index (χ1) is 7.50. The predicted molar refractivity (Wildman–Crippen MR) is 57.4 cm³/mol. The van der Waals surface area contributed by atoms with Gasteiger partial charge in [0.05, 0.1) is 17.5 Å². The number of rotatable bonds is 2. The molecule has 0 unspecified atom stereocenters. The quantitative estimate of drug-likeness (QED) is 0.834. The van der Waals surface area contributed by atoms with Crippen LogP contribution < -0.4 is 0 Å². The smallest absolute Gasteiger partial charge is 0.307 e. The van der Waals surface area contributed by atoms with Crippen LogP contribution in [0.2, 0.25) is 0 Å². The van der Waals surface area contributed by atoms with E-state index in [0.29, 0.717) is 11.4 Å². The Kier molecular flexibility index (Phi) is 2.38. The molecule has 0 aliphatic rings. The van der Waals surface area contributed by atoms with Crippen LogP contribution in [0.25, 0.3) is 11.1 Å². The van der Waals surface area contributed by atoms with Gasteiger partial charge in [-0.15, -0.1) is 0 Å². The Labute approximate surface area is 92.1 Å². The Morgan fingerprint density at radius 3 is 2.62 bits per heavy atom. The molecule has 2 rings (SSSR count). The number of pyridine rings is 1. The molecule has 0 radical (unpaired) electrons. The maximum atomic E-state index is 10.8. The number of carboxylic acids is 1. The summed E-state index contributed by atoms with van der Waals surface area (Å²) in [6, 6.07) is 0. The molecule has 5 nitrogen and oxygen atoms in total. The van der Waals surface area contributed by atoms with Crippen LogP contribution in [0.15, 0.2) is 4.52 Å². The molecule has 0 aliphatic carbocycles. The third kappa shape index (κ3) is 1.54. The maximum Gasteiger partial charge on any atom is 0.307 e. The first-order valence-electron chi connectivity index (χ1n) is 4.94. The zero-order chi connectivity index (χ0) is 11.9. The van der Waals surface area contributed by atoms with E-state index in [2.05, 4.69) is 10.1 Å². The molecule has 2 aromatic rings. The molecule has 0 saturated carbocycles. The van der Waals surface area contributed by atoms with Crippen molar-refractivity contribution in [3.05, 3.63) is 22.5 Å². The fourth-order valence-corrected chi connectivity index (χ4v) is 1.92. The summed E-state index contributed by atoms with van der Waals surface area (Å²) in [5.74, 6) is -0.860. The van der Waals surface area contributed by atoms with E-state index in [1.807, 2.05) is 13.8 Å². The van der Waals surface area contributed by atoms with Crippen LogP contribution in [0.5, 0.6) is 0 Å². The molecule has 2 aromatic heterocycles. The average Bonchev–Trinajstić information content (AvgIpc) is 2.54. The Bertz CT molecular complexity index is 572. The summed E-state index contributed by atoms with van der Waals surface area (Å²) in [6.07, 6.45) is -0.0226. The lowest BCUT2D eigenvalue weighted by molar-refractivity contribution is -0.136. The number of hydrogen-bond acceptors (Lipinski definition) is 4. The number of carboxylic acid groups (broad SMARTS) is 1. The summed E-state index contributed by atoms with van der Waals surface area (Å²) in [7, 11) is 0. The first-order valence-corrected chi connectivity index (χ1v) is 4.94. The number of nitrogens with zero attached hydrogens (tertiary/aromatic N) is 2. The third-order valence-electron chi connectivity index (χ3n) is 2.71. The Balaban J connectivity index is 2.73. The van der Waals surface area contributed by atoms with Crippen LogP contribution in [0.3, 0.4) is 0 Å². The second-order valence-electron chi connectivity index (χ2n) is 3.82. The van der Waals surface area contributed by atoms with Crippen molar-refractivity contribution in [1.82, 2.24) is 10.1 Å². The van der Waals surface area contributed by atoms with E-state index in [-0.39, 0.29) is 6.42 Å². The van der Waals surface area contributed by atoms with Gasteiger partial charge >= 0.3 is 5.97 Å². The van der Waals surface area contributed by atoms with Crippen molar-refractivity contribution in [3.63, 3.8) is 0 Å². The summed E-state index contributed by atoms with van der Waals surface area (Å²) >= 11 is 0. The van der Waals surface area contributed by atoms with Gasteiger partial charge in [0.2, 0.25) is 0 Å². The molecule has 5 heteroatoms. The fraction of sp³-hybridized carbons (Fsp3) is 0.364. The van der Waals surface area contributed by atoms with E-state index in [4.69, 9.17) is 9.63 Å². The molecule has 0 spiro atoms. The summed E-state index contributed by atoms with van der Waals surface area (Å²) in [6.45, 7) is 5.47. The van der Waals surface area contributed by atoms with Gasteiger partial charge in [-0.25, -0.2) is 4.98 Å². The average molecular weight is 220 g/mol. The van der Waals surface area contributed by atoms with Crippen molar-refractivity contribution in [1.29, 1.82) is 0 Å². The summed E-state index contributed by atoms with van der Waals surface area (Å²) < 4.78 is 5.06. The molecule has 0 amide bonds. The molecule has 84 valence electrons. The van der Waals surface area contributed by atoms with Gasteiger partial charge in [-0.1, -0.05) is 5.16 Å². The number of aromatic nitrogens is 2. The highest BCUT2D eigenvalue weighted by Gasteiger charge is 2.16. The summed E-state index contributed by atoms with van der Waals surface area (Å²) in [4.78, 5) is 15.0. The van der Waals surface area contributed by atoms with Gasteiger partial charge in [0.15, 0.2) is 0 Å². The molecule has 0 atom stereocenters. The van der Waals surface area contributed by atoms with Gasteiger partial charge < -0.3 is 9.63 Å². The van der Waals surface area contributed by atoms with Crippen molar-refractivity contribution < 1.29 is 14.4 Å². The molecule has 0 bridgehead atoms. The van der Waals surface area contributed by atoms with Crippen LogP contribution in [0.1, 0.15) is 22.5 Å². The zero-order valence-electron chi connectivity index (χ0n) is 9.37. The molecule has 2 heterocycles. The SMILES string of the molecule is Cc1nc2onc(C)c2c(C)c1CC(=O)O. The van der Waals surface area contributed by atoms with Crippen molar-refractivity contribution in [2.24, 2.45) is 0 Å². The van der Waals surface area contributed by atoms with Gasteiger partial charge in [0, 0.05) is 5.69 Å². The van der Waals surface area contributed by atoms with E-state index >= 15 is 0 Å². The van der Waals surface area contributed by atoms with Gasteiger partial charge in [-0.05, 0) is 31.9 Å². The maximum absolute atomic E-state index is 10.8. The lowest BCUT2D eigenvalue weighted by Gasteiger charge is -2.07. The number of aryl methyl sites for hydroxylation is 3. The second-order valence-corrected chi connectivity index (χ2v) is 3.82. The Morgan fingerprint density at radius 2 is 2.00 bits per heavy atom. The zero-order valence-corrected chi connectivity index (χ0v) is 9.37. The van der Waals surface area contributed by atoms with E-state index in [1.165, 1.54) is 0 Å². The highest BCUT2D eigenvalue weighted by atomic mass is 16.5. The highest BCUT2D eigenvalue weighted by molar-refractivity contribution is 5.83. The number of carbonyl (C=O) groups is 1. The van der Waals surface area contributed by atoms with Crippen molar-refractivity contribution >= 4 is 17.1 Å². The number of fused-ring (bicyclic) bond motifs is 1. The molecule has 1 N–H and O–H groups in total. The fourth-order valence-electron chi connectivity index (χ4n) is 1.92. The van der Waals surface area contributed by atoms with Crippen LogP contribution in [0.4, 0.5) is 0 Å². The number of aliphatic carboxylic acids is 1. The van der Waals surface area contributed by atoms with Gasteiger partial charge in [-0.3, -0.25) is 4.79 Å². The molecule has 16 heavy (non-hydrogen) atoms. The van der Waals surface area contributed by atoms with E-state index in [9.17, 15) is 4.79 Å². The standard InChI is InChI=1S/C11H12N2O3/c1-5-8(4-9(14)15)6(2)12-11-10(5)7(3)13-16-11/h4H2,1-3H3,(H,14,15). The number of hydrogen-bond donors (Lipinski definition) is 1. The normalized spacial score (nSPS) is 10.9. The van der Waals surface area contributed by atoms with Gasteiger partial charge in [0.1, 0.15) is 0 Å². The van der Waals surface area contributed by atoms with Crippen LogP contribution >= 0.6 is 0 Å². The lowest BCUT2D eigenvalue weighted by atomic mass is 10.0. The molecular formula is C11H12N2O3. The van der Waals surface area contributed by atoms with Crippen LogP contribution in [-0.2, 0) is 11.2 Å². The molecule has 0 aliphatic heterocycles. The van der Waals surface area contributed by atoms with Gasteiger partial charge in [0.25, 0.3) is 5.71 Å². The Hall–Kier alpha value is -1.91. The minimum atomic E-state index is -0.860. The highest BCUT2D eigenvalue weighted by Crippen LogP contribution is 2.25. The van der Waals surface area contributed by atoms with Crippen LogP contribution in [0, 0.1) is 20.8 Å². The van der Waals surface area contributed by atoms with E-state index in [0.717, 1.165) is 22.2 Å². The third-order valence-corrected chi connectivity index (χ3v) is 2.71. The second kappa shape index (κ2) is 3.59. The molecular weight excluding hydrogens is 208 g/mol. The summed E-state index contributed by atoms with van der Waals surface area (Å²) in [5, 5.41) is 13.5. The van der Waals surface area contributed by atoms with E-state index in [1.54, 1.807) is 6.92 Å². The largest absolute Gasteiger partial charge is 0.481 e. The topological polar surface area (TPSA) is 76.2 Å². The molecule has 0 aromatic carbocycles.